The molecule has 0 saturated heterocycles. The van der Waals surface area contributed by atoms with E-state index >= 15 is 0 Å². The predicted molar refractivity (Wildman–Crippen MR) is 71.9 cm³/mol. The van der Waals surface area contributed by atoms with Crippen LogP contribution >= 0.6 is 0 Å². The van der Waals surface area contributed by atoms with Crippen LogP contribution in [0.1, 0.15) is 32.3 Å². The summed E-state index contributed by atoms with van der Waals surface area (Å²) in [7, 11) is 3.50. The molecule has 1 aromatic carbocycles. The summed E-state index contributed by atoms with van der Waals surface area (Å²) < 4.78 is 28.0. The van der Waals surface area contributed by atoms with Crippen molar-refractivity contribution in [2.75, 3.05) is 19.0 Å². The lowest BCUT2D eigenvalue weighted by molar-refractivity contribution is 0.534. The van der Waals surface area contributed by atoms with Crippen LogP contribution in [0, 0.1) is 11.6 Å². The van der Waals surface area contributed by atoms with Crippen LogP contribution in [0.25, 0.3) is 0 Å². The summed E-state index contributed by atoms with van der Waals surface area (Å²) in [5, 5.41) is 2.89. The van der Waals surface area contributed by atoms with E-state index in [2.05, 4.69) is 5.32 Å². The van der Waals surface area contributed by atoms with Crippen molar-refractivity contribution in [2.24, 2.45) is 0 Å². The molecular weight excluding hydrogens is 234 g/mol. The number of rotatable bonds is 6. The average molecular weight is 256 g/mol. The first-order chi connectivity index (χ1) is 8.54. The van der Waals surface area contributed by atoms with Gasteiger partial charge in [0.25, 0.3) is 0 Å². The fraction of sp³-hybridized carbons (Fsp3) is 0.571. The van der Waals surface area contributed by atoms with Crippen LogP contribution in [0.15, 0.2) is 12.1 Å². The Morgan fingerprint density at radius 2 is 1.67 bits per heavy atom. The van der Waals surface area contributed by atoms with Crippen molar-refractivity contribution in [1.82, 2.24) is 5.32 Å². The Labute approximate surface area is 108 Å². The molecule has 0 spiro atoms. The number of hydrogen-bond acceptors (Lipinski definition) is 2. The Hall–Kier alpha value is -1.16. The Bertz CT molecular complexity index is 366. The standard InChI is InChI=1S/C14H22F2N2/c1-5-11(6-2)18(4)14-12(15)7-10(9-17-3)8-13(14)16/h7-8,11,17H,5-6,9H2,1-4H3. The highest BCUT2D eigenvalue weighted by atomic mass is 19.1. The molecule has 1 rings (SSSR count). The van der Waals surface area contributed by atoms with E-state index < -0.39 is 11.6 Å². The Kier molecular flexibility index (Phi) is 5.54. The van der Waals surface area contributed by atoms with Crippen molar-refractivity contribution in [3.8, 4) is 0 Å². The zero-order valence-corrected chi connectivity index (χ0v) is 11.6. The molecule has 102 valence electrons. The minimum Gasteiger partial charge on any atom is -0.367 e. The summed E-state index contributed by atoms with van der Waals surface area (Å²) in [5.74, 6) is -0.982. The van der Waals surface area contributed by atoms with Gasteiger partial charge in [-0.25, -0.2) is 8.78 Å². The normalized spacial score (nSPS) is 11.1. The van der Waals surface area contributed by atoms with Crippen LogP contribution in [0.5, 0.6) is 0 Å². The molecule has 0 radical (unpaired) electrons. The summed E-state index contributed by atoms with van der Waals surface area (Å²) >= 11 is 0. The molecule has 4 heteroatoms. The highest BCUT2D eigenvalue weighted by Gasteiger charge is 2.19. The monoisotopic (exact) mass is 256 g/mol. The minimum absolute atomic E-state index is 0.0727. The number of halogens is 2. The summed E-state index contributed by atoms with van der Waals surface area (Å²) in [4.78, 5) is 1.70. The molecule has 0 atom stereocenters. The van der Waals surface area contributed by atoms with E-state index in [-0.39, 0.29) is 11.7 Å². The lowest BCUT2D eigenvalue weighted by Crippen LogP contribution is -2.32. The van der Waals surface area contributed by atoms with Crippen LogP contribution in [0.2, 0.25) is 0 Å². The van der Waals surface area contributed by atoms with Crippen molar-refractivity contribution in [3.05, 3.63) is 29.3 Å². The van der Waals surface area contributed by atoms with Gasteiger partial charge in [0.15, 0.2) is 0 Å². The maximum absolute atomic E-state index is 14.0. The maximum Gasteiger partial charge on any atom is 0.149 e. The molecule has 0 bridgehead atoms. The number of benzene rings is 1. The van der Waals surface area contributed by atoms with Crippen molar-refractivity contribution >= 4 is 5.69 Å². The van der Waals surface area contributed by atoms with Gasteiger partial charge in [0.2, 0.25) is 0 Å². The van der Waals surface area contributed by atoms with E-state index in [1.807, 2.05) is 13.8 Å². The largest absolute Gasteiger partial charge is 0.367 e. The molecule has 1 N–H and O–H groups in total. The Morgan fingerprint density at radius 3 is 2.06 bits per heavy atom. The van der Waals surface area contributed by atoms with Gasteiger partial charge in [-0.05, 0) is 37.6 Å². The number of nitrogens with one attached hydrogen (secondary N) is 1. The highest BCUT2D eigenvalue weighted by molar-refractivity contribution is 5.51. The lowest BCUT2D eigenvalue weighted by atomic mass is 10.1. The fourth-order valence-corrected chi connectivity index (χ4v) is 2.28. The molecule has 0 fully saturated rings. The first-order valence-corrected chi connectivity index (χ1v) is 6.40. The van der Waals surface area contributed by atoms with E-state index in [1.165, 1.54) is 12.1 Å². The third-order valence-electron chi connectivity index (χ3n) is 3.30. The molecule has 0 aromatic heterocycles. The number of nitrogens with zero attached hydrogens (tertiary/aromatic N) is 1. The Morgan fingerprint density at radius 1 is 1.17 bits per heavy atom. The van der Waals surface area contributed by atoms with Gasteiger partial charge in [-0.2, -0.15) is 0 Å². The third kappa shape index (κ3) is 3.19. The zero-order chi connectivity index (χ0) is 13.7. The van der Waals surface area contributed by atoms with Crippen LogP contribution in [0.4, 0.5) is 14.5 Å². The first-order valence-electron chi connectivity index (χ1n) is 6.40. The smallest absolute Gasteiger partial charge is 0.149 e. The van der Waals surface area contributed by atoms with Crippen molar-refractivity contribution in [2.45, 2.75) is 39.3 Å². The fourth-order valence-electron chi connectivity index (χ4n) is 2.28. The van der Waals surface area contributed by atoms with Gasteiger partial charge in [0.1, 0.15) is 17.3 Å². The van der Waals surface area contributed by atoms with Crippen LogP contribution in [0.3, 0.4) is 0 Å². The minimum atomic E-state index is -0.491. The molecule has 0 aliphatic heterocycles. The maximum atomic E-state index is 14.0. The summed E-state index contributed by atoms with van der Waals surface area (Å²) in [6.45, 7) is 4.51. The molecule has 18 heavy (non-hydrogen) atoms. The SMILES string of the molecule is CCC(CC)N(C)c1c(F)cc(CNC)cc1F. The molecule has 0 aliphatic carbocycles. The molecule has 0 amide bonds. The average Bonchev–Trinajstić information content (AvgIpc) is 2.30. The van der Waals surface area contributed by atoms with Crippen LogP contribution in [-0.2, 0) is 6.54 Å². The lowest BCUT2D eigenvalue weighted by Gasteiger charge is -2.29. The van der Waals surface area contributed by atoms with Crippen molar-refractivity contribution in [1.29, 1.82) is 0 Å². The Balaban J connectivity index is 3.09. The van der Waals surface area contributed by atoms with E-state index in [1.54, 1.807) is 19.0 Å². The first kappa shape index (κ1) is 14.9. The quantitative estimate of drug-likeness (QED) is 0.840. The van der Waals surface area contributed by atoms with Gasteiger partial charge in [-0.15, -0.1) is 0 Å². The van der Waals surface area contributed by atoms with Crippen molar-refractivity contribution in [3.63, 3.8) is 0 Å². The topological polar surface area (TPSA) is 15.3 Å². The number of anilines is 1. The van der Waals surface area contributed by atoms with Gasteiger partial charge in [0, 0.05) is 19.6 Å². The second-order valence-electron chi connectivity index (χ2n) is 4.52. The van der Waals surface area contributed by atoms with Gasteiger partial charge in [-0.1, -0.05) is 13.8 Å². The van der Waals surface area contributed by atoms with Gasteiger partial charge >= 0.3 is 0 Å². The third-order valence-corrected chi connectivity index (χ3v) is 3.30. The molecular formula is C14H22F2N2. The molecule has 0 heterocycles. The number of hydrogen-bond donors (Lipinski definition) is 1. The van der Waals surface area contributed by atoms with Gasteiger partial charge in [-0.3, -0.25) is 0 Å². The summed E-state index contributed by atoms with van der Waals surface area (Å²) in [6.07, 6.45) is 1.73. The molecule has 1 aromatic rings. The van der Waals surface area contributed by atoms with Crippen LogP contribution < -0.4 is 10.2 Å². The van der Waals surface area contributed by atoms with E-state index in [0.717, 1.165) is 12.8 Å². The molecule has 0 aliphatic rings. The van der Waals surface area contributed by atoms with E-state index in [0.29, 0.717) is 12.1 Å². The van der Waals surface area contributed by atoms with Crippen molar-refractivity contribution < 1.29 is 8.78 Å². The van der Waals surface area contributed by atoms with Gasteiger partial charge < -0.3 is 10.2 Å². The second-order valence-corrected chi connectivity index (χ2v) is 4.52. The summed E-state index contributed by atoms with van der Waals surface area (Å²) in [6, 6.07) is 2.95. The highest BCUT2D eigenvalue weighted by Crippen LogP contribution is 2.27. The molecule has 0 unspecified atom stereocenters. The summed E-state index contributed by atoms with van der Waals surface area (Å²) in [5.41, 5.74) is 0.692. The van der Waals surface area contributed by atoms with Gasteiger partial charge in [0.05, 0.1) is 0 Å². The van der Waals surface area contributed by atoms with Crippen LogP contribution in [-0.4, -0.2) is 20.1 Å². The molecule has 2 nitrogen and oxygen atoms in total. The van der Waals surface area contributed by atoms with E-state index in [9.17, 15) is 8.78 Å². The molecule has 0 saturated carbocycles. The van der Waals surface area contributed by atoms with E-state index in [4.69, 9.17) is 0 Å². The zero-order valence-electron chi connectivity index (χ0n) is 11.6. The second kappa shape index (κ2) is 6.69. The predicted octanol–water partition coefficient (Wildman–Crippen LogP) is 3.31.